The Balaban J connectivity index is 1.41. The molecule has 0 aliphatic carbocycles. The smallest absolute Gasteiger partial charge is 0.326 e. The zero-order valence-electron chi connectivity index (χ0n) is 23.0. The second-order valence-electron chi connectivity index (χ2n) is 10.8. The summed E-state index contributed by atoms with van der Waals surface area (Å²) in [5, 5.41) is 12.4. The molecule has 0 bridgehead atoms. The van der Waals surface area contributed by atoms with Crippen LogP contribution in [-0.2, 0) is 16.6 Å². The SMILES string of the molecule is CN(C)c1ccc(-c2cnc(-c3ccc(C[C@H](NC(=O)c4ccc(C(C)(C)C)cc4)C(=O)O)cc3)nc2)cc1. The lowest BCUT2D eigenvalue weighted by atomic mass is 9.86. The molecule has 0 aliphatic heterocycles. The van der Waals surface area contributed by atoms with Crippen LogP contribution in [0.4, 0.5) is 5.69 Å². The number of aromatic nitrogens is 2. The van der Waals surface area contributed by atoms with Crippen LogP contribution in [-0.4, -0.2) is 47.1 Å². The van der Waals surface area contributed by atoms with Crippen molar-refractivity contribution >= 4 is 17.6 Å². The van der Waals surface area contributed by atoms with Crippen LogP contribution in [0.2, 0.25) is 0 Å². The van der Waals surface area contributed by atoms with E-state index in [0.29, 0.717) is 11.4 Å². The number of benzene rings is 3. The van der Waals surface area contributed by atoms with Gasteiger partial charge in [-0.1, -0.05) is 69.3 Å². The molecule has 4 aromatic rings. The minimum atomic E-state index is -1.09. The number of anilines is 1. The summed E-state index contributed by atoms with van der Waals surface area (Å²) in [5.74, 6) is -0.919. The number of rotatable bonds is 8. The molecule has 4 rings (SSSR count). The van der Waals surface area contributed by atoms with Crippen molar-refractivity contribution in [1.82, 2.24) is 15.3 Å². The van der Waals surface area contributed by atoms with Gasteiger partial charge < -0.3 is 15.3 Å². The van der Waals surface area contributed by atoms with Gasteiger partial charge in [0.25, 0.3) is 5.91 Å². The number of carboxylic acid groups (broad SMARTS) is 1. The molecule has 0 fully saturated rings. The van der Waals surface area contributed by atoms with E-state index in [-0.39, 0.29) is 11.8 Å². The van der Waals surface area contributed by atoms with E-state index in [1.54, 1.807) is 24.5 Å². The number of hydrogen-bond donors (Lipinski definition) is 2. The molecule has 1 aromatic heterocycles. The maximum atomic E-state index is 12.7. The molecular weight excluding hydrogens is 488 g/mol. The lowest BCUT2D eigenvalue weighted by molar-refractivity contribution is -0.139. The van der Waals surface area contributed by atoms with Gasteiger partial charge in [-0.15, -0.1) is 0 Å². The molecule has 0 radical (unpaired) electrons. The molecule has 0 aliphatic rings. The van der Waals surface area contributed by atoms with Crippen molar-refractivity contribution in [3.63, 3.8) is 0 Å². The van der Waals surface area contributed by atoms with E-state index in [1.807, 2.05) is 67.5 Å². The first kappa shape index (κ1) is 27.5. The predicted molar refractivity (Wildman–Crippen MR) is 155 cm³/mol. The van der Waals surface area contributed by atoms with E-state index in [2.05, 4.69) is 48.2 Å². The molecular formula is C32H34N4O3. The Bertz CT molecular complexity index is 1420. The van der Waals surface area contributed by atoms with E-state index in [4.69, 9.17) is 0 Å². The normalized spacial score (nSPS) is 12.0. The predicted octanol–water partition coefficient (Wildman–Crippen LogP) is 5.60. The van der Waals surface area contributed by atoms with Crippen LogP contribution in [0.5, 0.6) is 0 Å². The number of nitrogens with zero attached hydrogens (tertiary/aromatic N) is 3. The first-order chi connectivity index (χ1) is 18.5. The van der Waals surface area contributed by atoms with Gasteiger partial charge in [-0.25, -0.2) is 14.8 Å². The Morgan fingerprint density at radius 3 is 1.90 bits per heavy atom. The molecule has 3 aromatic carbocycles. The minimum absolute atomic E-state index is 0.0317. The Morgan fingerprint density at radius 2 is 1.38 bits per heavy atom. The van der Waals surface area contributed by atoms with Crippen molar-refractivity contribution in [3.8, 4) is 22.5 Å². The van der Waals surface area contributed by atoms with Crippen LogP contribution >= 0.6 is 0 Å². The number of carboxylic acids is 1. The molecule has 0 spiro atoms. The summed E-state index contributed by atoms with van der Waals surface area (Å²) < 4.78 is 0. The molecule has 1 heterocycles. The third-order valence-corrected chi connectivity index (χ3v) is 6.64. The molecule has 7 nitrogen and oxygen atoms in total. The van der Waals surface area contributed by atoms with Crippen LogP contribution < -0.4 is 10.2 Å². The van der Waals surface area contributed by atoms with Gasteiger partial charge in [-0.3, -0.25) is 4.79 Å². The van der Waals surface area contributed by atoms with Gasteiger partial charge in [0.2, 0.25) is 0 Å². The summed E-state index contributed by atoms with van der Waals surface area (Å²) in [6.45, 7) is 6.29. The number of nitrogens with one attached hydrogen (secondary N) is 1. The Labute approximate surface area is 229 Å². The van der Waals surface area contributed by atoms with Crippen LogP contribution in [0.25, 0.3) is 22.5 Å². The van der Waals surface area contributed by atoms with Crippen molar-refractivity contribution < 1.29 is 14.7 Å². The number of aliphatic carboxylic acids is 1. The number of carbonyl (C=O) groups excluding carboxylic acids is 1. The summed E-state index contributed by atoms with van der Waals surface area (Å²) in [6.07, 6.45) is 3.75. The topological polar surface area (TPSA) is 95.4 Å². The highest BCUT2D eigenvalue weighted by Gasteiger charge is 2.22. The van der Waals surface area contributed by atoms with E-state index in [9.17, 15) is 14.7 Å². The van der Waals surface area contributed by atoms with Crippen molar-refractivity contribution in [3.05, 3.63) is 102 Å². The summed E-state index contributed by atoms with van der Waals surface area (Å²) >= 11 is 0. The molecule has 0 unspecified atom stereocenters. The second-order valence-corrected chi connectivity index (χ2v) is 10.8. The van der Waals surface area contributed by atoms with Crippen LogP contribution in [0.1, 0.15) is 42.3 Å². The summed E-state index contributed by atoms with van der Waals surface area (Å²) in [4.78, 5) is 35.7. The number of carbonyl (C=O) groups is 2. The van der Waals surface area contributed by atoms with E-state index < -0.39 is 17.9 Å². The first-order valence-corrected chi connectivity index (χ1v) is 12.8. The van der Waals surface area contributed by atoms with Gasteiger partial charge in [0.05, 0.1) is 0 Å². The fourth-order valence-electron chi connectivity index (χ4n) is 4.17. The molecule has 1 amide bonds. The van der Waals surface area contributed by atoms with Crippen molar-refractivity contribution in [2.24, 2.45) is 0 Å². The first-order valence-electron chi connectivity index (χ1n) is 12.8. The van der Waals surface area contributed by atoms with Crippen molar-refractivity contribution in [2.75, 3.05) is 19.0 Å². The fraction of sp³-hybridized carbons (Fsp3) is 0.250. The highest BCUT2D eigenvalue weighted by molar-refractivity contribution is 5.96. The van der Waals surface area contributed by atoms with Crippen LogP contribution in [0, 0.1) is 0 Å². The maximum Gasteiger partial charge on any atom is 0.326 e. The summed E-state index contributed by atoms with van der Waals surface area (Å²) in [7, 11) is 4.01. The van der Waals surface area contributed by atoms with Gasteiger partial charge in [0.15, 0.2) is 5.82 Å². The maximum absolute atomic E-state index is 12.7. The standard InChI is InChI=1S/C32H34N4O3/c1-32(2,3)26-14-10-24(11-15-26)30(37)35-28(31(38)39)18-21-6-8-23(9-7-21)29-33-19-25(20-34-29)22-12-16-27(17-13-22)36(4)5/h6-17,19-20,28H,18H2,1-5H3,(H,35,37)(H,38,39)/t28-/m0/s1. The molecule has 2 N–H and O–H groups in total. The van der Waals surface area contributed by atoms with Crippen molar-refractivity contribution in [1.29, 1.82) is 0 Å². The van der Waals surface area contributed by atoms with Crippen molar-refractivity contribution in [2.45, 2.75) is 38.6 Å². The zero-order valence-corrected chi connectivity index (χ0v) is 23.0. The third-order valence-electron chi connectivity index (χ3n) is 6.64. The van der Waals surface area contributed by atoms with Gasteiger partial charge in [-0.2, -0.15) is 0 Å². The highest BCUT2D eigenvalue weighted by atomic mass is 16.4. The molecule has 7 heteroatoms. The fourth-order valence-corrected chi connectivity index (χ4v) is 4.17. The van der Waals surface area contributed by atoms with E-state index in [0.717, 1.165) is 33.5 Å². The van der Waals surface area contributed by atoms with Gasteiger partial charge >= 0.3 is 5.97 Å². The molecule has 200 valence electrons. The monoisotopic (exact) mass is 522 g/mol. The zero-order chi connectivity index (χ0) is 28.2. The Hall–Kier alpha value is -4.52. The lowest BCUT2D eigenvalue weighted by Gasteiger charge is -2.19. The number of amides is 1. The summed E-state index contributed by atoms with van der Waals surface area (Å²) in [5.41, 5.74) is 6.19. The second kappa shape index (κ2) is 11.5. The lowest BCUT2D eigenvalue weighted by Crippen LogP contribution is -2.42. The Kier molecular flexibility index (Phi) is 8.10. The number of hydrogen-bond acceptors (Lipinski definition) is 5. The van der Waals surface area contributed by atoms with Crippen LogP contribution in [0.15, 0.2) is 85.2 Å². The van der Waals surface area contributed by atoms with Crippen LogP contribution in [0.3, 0.4) is 0 Å². The van der Waals surface area contributed by atoms with Gasteiger partial charge in [-0.05, 0) is 46.4 Å². The van der Waals surface area contributed by atoms with E-state index >= 15 is 0 Å². The van der Waals surface area contributed by atoms with Gasteiger partial charge in [0.1, 0.15) is 6.04 Å². The molecule has 0 saturated heterocycles. The van der Waals surface area contributed by atoms with Gasteiger partial charge in [0, 0.05) is 55.3 Å². The van der Waals surface area contributed by atoms with E-state index in [1.165, 1.54) is 0 Å². The third kappa shape index (κ3) is 6.87. The molecule has 39 heavy (non-hydrogen) atoms. The Morgan fingerprint density at radius 1 is 0.821 bits per heavy atom. The molecule has 0 saturated carbocycles. The minimum Gasteiger partial charge on any atom is -0.480 e. The average molecular weight is 523 g/mol. The highest BCUT2D eigenvalue weighted by Crippen LogP contribution is 2.24. The average Bonchev–Trinajstić information content (AvgIpc) is 2.93. The largest absolute Gasteiger partial charge is 0.480 e. The molecule has 1 atom stereocenters. The summed E-state index contributed by atoms with van der Waals surface area (Å²) in [6, 6.07) is 21.8. The quantitative estimate of drug-likeness (QED) is 0.313.